The average Bonchev–Trinajstić information content (AvgIpc) is 3.11. The first-order valence-corrected chi connectivity index (χ1v) is 20.3. The van der Waals surface area contributed by atoms with Gasteiger partial charge in [-0.05, 0) is 70.6 Å². The summed E-state index contributed by atoms with van der Waals surface area (Å²) in [6.07, 6.45) is 39.3. The molecule has 0 radical (unpaired) electrons. The summed E-state index contributed by atoms with van der Waals surface area (Å²) in [7, 11) is 0. The van der Waals surface area contributed by atoms with Crippen molar-refractivity contribution in [3.63, 3.8) is 0 Å². The summed E-state index contributed by atoms with van der Waals surface area (Å²) in [5, 5.41) is 0. The van der Waals surface area contributed by atoms with Crippen LogP contribution < -0.4 is 5.73 Å². The van der Waals surface area contributed by atoms with Gasteiger partial charge in [0.15, 0.2) is 0 Å². The Labute approximate surface area is 304 Å². The third-order valence-electron chi connectivity index (χ3n) is 8.69. The smallest absolute Gasteiger partial charge is 0.318 e. The van der Waals surface area contributed by atoms with E-state index in [2.05, 4.69) is 57.7 Å². The van der Waals surface area contributed by atoms with E-state index in [1.807, 2.05) is 0 Å². The van der Waals surface area contributed by atoms with Crippen LogP contribution in [-0.4, -0.2) is 29.9 Å². The van der Waals surface area contributed by atoms with E-state index >= 15 is 0 Å². The second-order valence-electron chi connectivity index (χ2n) is 13.6. The molecule has 9 nitrogen and oxygen atoms in total. The molecule has 0 saturated heterocycles. The van der Waals surface area contributed by atoms with Crippen molar-refractivity contribution >= 4 is 23.9 Å². The molecule has 290 valence electrons. The molecule has 0 aliphatic carbocycles. The van der Waals surface area contributed by atoms with E-state index in [0.29, 0.717) is 12.8 Å². The lowest BCUT2D eigenvalue weighted by Crippen LogP contribution is -2.33. The number of carbonyl (C=O) groups excluding carboxylic acids is 4. The van der Waals surface area contributed by atoms with Crippen LogP contribution in [0, 0.1) is 0 Å². The van der Waals surface area contributed by atoms with E-state index in [-0.39, 0.29) is 25.7 Å². The SMILES string of the molecule is CCCCCCCC/C=C\CCCCCCCC(=O)OOC(=O)CCC(N)C(=O)OOC(=O)CCCCCCC/C=C\CCCCCCCC. The van der Waals surface area contributed by atoms with Crippen molar-refractivity contribution in [3.8, 4) is 0 Å². The maximum absolute atomic E-state index is 12.0. The third-order valence-corrected chi connectivity index (χ3v) is 8.69. The summed E-state index contributed by atoms with van der Waals surface area (Å²) in [5.41, 5.74) is 5.72. The fourth-order valence-electron chi connectivity index (χ4n) is 5.44. The van der Waals surface area contributed by atoms with Crippen LogP contribution in [0.15, 0.2) is 24.3 Å². The van der Waals surface area contributed by atoms with Crippen molar-refractivity contribution in [2.45, 2.75) is 213 Å². The first-order valence-electron chi connectivity index (χ1n) is 20.3. The Bertz CT molecular complexity index is 888. The average molecular weight is 708 g/mol. The molecule has 0 aromatic carbocycles. The molecular weight excluding hydrogens is 634 g/mol. The molecule has 50 heavy (non-hydrogen) atoms. The first-order chi connectivity index (χ1) is 24.4. The number of allylic oxidation sites excluding steroid dienone is 4. The zero-order valence-corrected chi connectivity index (χ0v) is 31.9. The van der Waals surface area contributed by atoms with Gasteiger partial charge >= 0.3 is 23.9 Å². The summed E-state index contributed by atoms with van der Waals surface area (Å²) >= 11 is 0. The molecule has 0 bridgehead atoms. The summed E-state index contributed by atoms with van der Waals surface area (Å²) in [5.74, 6) is -3.04. The van der Waals surface area contributed by atoms with Crippen molar-refractivity contribution in [1.29, 1.82) is 0 Å². The van der Waals surface area contributed by atoms with Crippen LogP contribution in [0.4, 0.5) is 0 Å². The molecule has 0 aliphatic rings. The zero-order valence-electron chi connectivity index (χ0n) is 31.9. The monoisotopic (exact) mass is 708 g/mol. The molecule has 0 aliphatic heterocycles. The van der Waals surface area contributed by atoms with Gasteiger partial charge in [0.2, 0.25) is 0 Å². The maximum atomic E-state index is 12.0. The molecule has 0 heterocycles. The Balaban J connectivity index is 3.64. The molecule has 1 unspecified atom stereocenters. The summed E-state index contributed by atoms with van der Waals surface area (Å²) in [6.45, 7) is 4.48. The van der Waals surface area contributed by atoms with Crippen LogP contribution in [-0.2, 0) is 38.7 Å². The minimum Gasteiger partial charge on any atom is -0.318 e. The molecular formula is C41H73NO8. The number of nitrogens with two attached hydrogens (primary N) is 1. The van der Waals surface area contributed by atoms with Crippen molar-refractivity contribution in [1.82, 2.24) is 0 Å². The van der Waals surface area contributed by atoms with Gasteiger partial charge in [-0.3, -0.25) is 0 Å². The van der Waals surface area contributed by atoms with Gasteiger partial charge < -0.3 is 5.73 Å². The highest BCUT2D eigenvalue weighted by Gasteiger charge is 2.21. The third kappa shape index (κ3) is 35.2. The Kier molecular flexibility index (Phi) is 35.6. The molecule has 0 aromatic rings. The Morgan fingerprint density at radius 2 is 0.720 bits per heavy atom. The standard InChI is InChI=1S/C41H73NO8/c1-3-5-7-9-11-13-15-17-19-21-23-25-27-29-31-33-38(43)47-48-40(45)36-35-37(42)41(46)50-49-39(44)34-32-30-28-26-24-22-20-18-16-14-12-10-8-6-4-2/h17-20,37H,3-16,21-36,42H2,1-2H3/b19-17-,20-18-. The highest BCUT2D eigenvalue weighted by atomic mass is 17.2. The van der Waals surface area contributed by atoms with Crippen molar-refractivity contribution in [2.75, 3.05) is 0 Å². The van der Waals surface area contributed by atoms with Crippen LogP contribution in [0.5, 0.6) is 0 Å². The van der Waals surface area contributed by atoms with E-state index in [4.69, 9.17) is 5.73 Å². The summed E-state index contributed by atoms with van der Waals surface area (Å²) < 4.78 is 0. The first kappa shape index (κ1) is 47.3. The summed E-state index contributed by atoms with van der Waals surface area (Å²) in [6, 6.07) is -1.19. The molecule has 0 saturated carbocycles. The lowest BCUT2D eigenvalue weighted by atomic mass is 10.1. The molecule has 1 atom stereocenters. The minimum absolute atomic E-state index is 0.116. The lowest BCUT2D eigenvalue weighted by Gasteiger charge is -2.09. The Morgan fingerprint density at radius 3 is 1.10 bits per heavy atom. The molecule has 9 heteroatoms. The molecule has 0 spiro atoms. The lowest BCUT2D eigenvalue weighted by molar-refractivity contribution is -0.261. The highest BCUT2D eigenvalue weighted by Crippen LogP contribution is 2.12. The van der Waals surface area contributed by atoms with Gasteiger partial charge in [0, 0.05) is 0 Å². The van der Waals surface area contributed by atoms with Gasteiger partial charge in [-0.1, -0.05) is 141 Å². The molecule has 2 N–H and O–H groups in total. The van der Waals surface area contributed by atoms with Crippen LogP contribution in [0.25, 0.3) is 0 Å². The predicted octanol–water partition coefficient (Wildman–Crippen LogP) is 11.2. The van der Waals surface area contributed by atoms with Gasteiger partial charge in [0.05, 0.1) is 19.3 Å². The Morgan fingerprint density at radius 1 is 0.420 bits per heavy atom. The van der Waals surface area contributed by atoms with Crippen molar-refractivity contribution in [2.24, 2.45) is 5.73 Å². The quantitative estimate of drug-likeness (QED) is 0.0300. The van der Waals surface area contributed by atoms with E-state index < -0.39 is 29.9 Å². The predicted molar refractivity (Wildman–Crippen MR) is 200 cm³/mol. The van der Waals surface area contributed by atoms with Crippen molar-refractivity contribution in [3.05, 3.63) is 24.3 Å². The van der Waals surface area contributed by atoms with Gasteiger partial charge in [-0.15, -0.1) is 0 Å². The number of hydrogen-bond donors (Lipinski definition) is 1. The maximum Gasteiger partial charge on any atom is 0.372 e. The highest BCUT2D eigenvalue weighted by molar-refractivity contribution is 5.78. The van der Waals surface area contributed by atoms with E-state index in [1.54, 1.807) is 0 Å². The van der Waals surface area contributed by atoms with Gasteiger partial charge in [0.1, 0.15) is 6.04 Å². The fourth-order valence-corrected chi connectivity index (χ4v) is 5.44. The van der Waals surface area contributed by atoms with Crippen LogP contribution in [0.3, 0.4) is 0 Å². The molecule has 0 amide bonds. The van der Waals surface area contributed by atoms with Gasteiger partial charge in [-0.2, -0.15) is 0 Å². The fraction of sp³-hybridized carbons (Fsp3) is 0.805. The van der Waals surface area contributed by atoms with E-state index in [0.717, 1.165) is 64.2 Å². The number of carbonyl (C=O) groups is 4. The Hall–Kier alpha value is -2.68. The van der Waals surface area contributed by atoms with E-state index in [1.165, 1.54) is 89.9 Å². The molecule has 0 rings (SSSR count). The number of hydrogen-bond acceptors (Lipinski definition) is 9. The minimum atomic E-state index is -1.19. The van der Waals surface area contributed by atoms with Crippen LogP contribution >= 0.6 is 0 Å². The molecule has 0 aromatic heterocycles. The largest absolute Gasteiger partial charge is 0.372 e. The number of rotatable bonds is 34. The van der Waals surface area contributed by atoms with Crippen LogP contribution in [0.1, 0.15) is 206 Å². The van der Waals surface area contributed by atoms with Gasteiger partial charge in [0.25, 0.3) is 0 Å². The normalized spacial score (nSPS) is 12.0. The zero-order chi connectivity index (χ0) is 36.8. The second kappa shape index (κ2) is 37.6. The van der Waals surface area contributed by atoms with Gasteiger partial charge in [-0.25, -0.2) is 38.7 Å². The van der Waals surface area contributed by atoms with E-state index in [9.17, 15) is 19.2 Å². The van der Waals surface area contributed by atoms with Crippen molar-refractivity contribution < 1.29 is 38.7 Å². The molecule has 0 fully saturated rings. The van der Waals surface area contributed by atoms with Crippen LogP contribution in [0.2, 0.25) is 0 Å². The second-order valence-corrected chi connectivity index (χ2v) is 13.6. The number of unbranched alkanes of at least 4 members (excludes halogenated alkanes) is 22. The topological polar surface area (TPSA) is 131 Å². The summed E-state index contributed by atoms with van der Waals surface area (Å²) in [4.78, 5) is 65.8.